The van der Waals surface area contributed by atoms with E-state index in [1.165, 1.54) is 0 Å². The van der Waals surface area contributed by atoms with Crippen LogP contribution in [0.15, 0.2) is 76.7 Å². The van der Waals surface area contributed by atoms with Crippen LogP contribution in [0.3, 0.4) is 0 Å². The predicted molar refractivity (Wildman–Crippen MR) is 122 cm³/mol. The van der Waals surface area contributed by atoms with Crippen molar-refractivity contribution in [2.45, 2.75) is 16.3 Å². The number of hydrogen-bond donors (Lipinski definition) is 1. The van der Waals surface area contributed by atoms with E-state index in [0.29, 0.717) is 40.9 Å². The highest BCUT2D eigenvalue weighted by Crippen LogP contribution is 2.44. The third kappa shape index (κ3) is 3.83. The molecule has 1 N–H and O–H groups in total. The lowest BCUT2D eigenvalue weighted by molar-refractivity contribution is 0.401. The van der Waals surface area contributed by atoms with Crippen LogP contribution in [-0.4, -0.2) is 29.3 Å². The normalized spacial score (nSPS) is 11.8. The van der Waals surface area contributed by atoms with Crippen molar-refractivity contribution in [3.05, 3.63) is 77.9 Å². The fourth-order valence-corrected chi connectivity index (χ4v) is 4.44. The third-order valence-corrected chi connectivity index (χ3v) is 6.22. The topological polar surface area (TPSA) is 73.7 Å². The van der Waals surface area contributed by atoms with Gasteiger partial charge >= 0.3 is 0 Å². The zero-order chi connectivity index (χ0) is 22.1. The highest BCUT2D eigenvalue weighted by molar-refractivity contribution is 7.99. The molecular formula is C25H20N2O4S. The number of phenolic OH excluding ortho intramolecular Hbond substituents is 1. The van der Waals surface area contributed by atoms with Crippen LogP contribution in [0.1, 0.15) is 11.1 Å². The van der Waals surface area contributed by atoms with E-state index in [1.807, 2.05) is 48.5 Å². The summed E-state index contributed by atoms with van der Waals surface area (Å²) >= 11 is 1.54. The van der Waals surface area contributed by atoms with Gasteiger partial charge in [-0.15, -0.1) is 0 Å². The molecule has 1 aliphatic rings. The third-order valence-electron chi connectivity index (χ3n) is 5.18. The predicted octanol–water partition coefficient (Wildman–Crippen LogP) is 5.71. The van der Waals surface area contributed by atoms with Crippen LogP contribution < -0.4 is 14.2 Å². The van der Waals surface area contributed by atoms with E-state index in [9.17, 15) is 5.11 Å². The van der Waals surface area contributed by atoms with Gasteiger partial charge in [-0.1, -0.05) is 36.0 Å². The van der Waals surface area contributed by atoms with Crippen LogP contribution in [0.25, 0.3) is 11.4 Å². The lowest BCUT2D eigenvalue weighted by atomic mass is 10.0. The number of ether oxygens (including phenoxy) is 3. The van der Waals surface area contributed by atoms with Crippen molar-refractivity contribution in [3.63, 3.8) is 0 Å². The molecule has 0 spiro atoms. The number of methoxy groups -OCH3 is 2. The molecule has 0 radical (unpaired) electrons. The summed E-state index contributed by atoms with van der Waals surface area (Å²) in [7, 11) is 3.18. The molecule has 5 rings (SSSR count). The SMILES string of the molecule is COc1ccc(-c2nc3c(c(Sc4ccccc4)n2)Cc2ccc(OC)cc2O3)c(O)c1. The van der Waals surface area contributed by atoms with Crippen molar-refractivity contribution < 1.29 is 19.3 Å². The molecule has 2 heterocycles. The summed E-state index contributed by atoms with van der Waals surface area (Å²) in [6.45, 7) is 0. The molecule has 6 nitrogen and oxygen atoms in total. The lowest BCUT2D eigenvalue weighted by Crippen LogP contribution is -2.09. The summed E-state index contributed by atoms with van der Waals surface area (Å²) in [5.74, 6) is 2.88. The summed E-state index contributed by atoms with van der Waals surface area (Å²) in [4.78, 5) is 10.5. The average Bonchev–Trinajstić information content (AvgIpc) is 2.83. The highest BCUT2D eigenvalue weighted by Gasteiger charge is 2.25. The quantitative estimate of drug-likeness (QED) is 0.348. The van der Waals surface area contributed by atoms with E-state index in [0.717, 1.165) is 21.0 Å². The van der Waals surface area contributed by atoms with Gasteiger partial charge in [0.1, 0.15) is 28.0 Å². The van der Waals surface area contributed by atoms with Gasteiger partial charge in [-0.25, -0.2) is 4.98 Å². The van der Waals surface area contributed by atoms with Gasteiger partial charge in [0.05, 0.1) is 25.3 Å². The van der Waals surface area contributed by atoms with Crippen molar-refractivity contribution in [1.29, 1.82) is 0 Å². The van der Waals surface area contributed by atoms with E-state index in [1.54, 1.807) is 44.2 Å². The second kappa shape index (κ2) is 8.43. The molecule has 3 aromatic carbocycles. The van der Waals surface area contributed by atoms with Crippen LogP contribution in [0.4, 0.5) is 0 Å². The van der Waals surface area contributed by atoms with Crippen molar-refractivity contribution in [1.82, 2.24) is 9.97 Å². The van der Waals surface area contributed by atoms with Crippen LogP contribution in [0.2, 0.25) is 0 Å². The van der Waals surface area contributed by atoms with Gasteiger partial charge in [-0.3, -0.25) is 0 Å². The molecule has 0 saturated carbocycles. The number of benzene rings is 3. The fraction of sp³-hybridized carbons (Fsp3) is 0.120. The first-order chi connectivity index (χ1) is 15.6. The Balaban J connectivity index is 1.63. The molecule has 0 fully saturated rings. The van der Waals surface area contributed by atoms with Crippen LogP contribution >= 0.6 is 11.8 Å². The first-order valence-corrected chi connectivity index (χ1v) is 10.8. The Kier molecular flexibility index (Phi) is 5.33. The number of aromatic hydroxyl groups is 1. The smallest absolute Gasteiger partial charge is 0.227 e. The zero-order valence-electron chi connectivity index (χ0n) is 17.5. The lowest BCUT2D eigenvalue weighted by Gasteiger charge is -2.22. The molecular weight excluding hydrogens is 424 g/mol. The molecule has 0 atom stereocenters. The second-order valence-corrected chi connectivity index (χ2v) is 8.25. The molecule has 0 aliphatic carbocycles. The monoisotopic (exact) mass is 444 g/mol. The summed E-state index contributed by atoms with van der Waals surface area (Å²) in [5.41, 5.74) is 2.45. The molecule has 4 aromatic rings. The van der Waals surface area contributed by atoms with Gasteiger partial charge in [-0.2, -0.15) is 4.98 Å². The maximum atomic E-state index is 10.6. The fourth-order valence-electron chi connectivity index (χ4n) is 3.51. The summed E-state index contributed by atoms with van der Waals surface area (Å²) in [6.07, 6.45) is 0.638. The maximum absolute atomic E-state index is 10.6. The van der Waals surface area contributed by atoms with Crippen LogP contribution in [0.5, 0.6) is 28.9 Å². The highest BCUT2D eigenvalue weighted by atomic mass is 32.2. The van der Waals surface area contributed by atoms with Crippen molar-refractivity contribution in [2.75, 3.05) is 14.2 Å². The Morgan fingerprint density at radius 2 is 1.66 bits per heavy atom. The minimum Gasteiger partial charge on any atom is -0.507 e. The average molecular weight is 445 g/mol. The number of rotatable bonds is 5. The minimum atomic E-state index is 0.0397. The van der Waals surface area contributed by atoms with E-state index in [-0.39, 0.29) is 5.75 Å². The molecule has 0 saturated heterocycles. The van der Waals surface area contributed by atoms with Gasteiger partial charge in [0.25, 0.3) is 0 Å². The molecule has 0 unspecified atom stereocenters. The molecule has 1 aromatic heterocycles. The largest absolute Gasteiger partial charge is 0.507 e. The second-order valence-electron chi connectivity index (χ2n) is 7.19. The van der Waals surface area contributed by atoms with E-state index >= 15 is 0 Å². The van der Waals surface area contributed by atoms with E-state index < -0.39 is 0 Å². The summed E-state index contributed by atoms with van der Waals surface area (Å²) < 4.78 is 16.7. The Labute approximate surface area is 189 Å². The van der Waals surface area contributed by atoms with Gasteiger partial charge in [0.15, 0.2) is 5.82 Å². The summed E-state index contributed by atoms with van der Waals surface area (Å²) in [5, 5.41) is 11.3. The zero-order valence-corrected chi connectivity index (χ0v) is 18.3. The maximum Gasteiger partial charge on any atom is 0.227 e. The van der Waals surface area contributed by atoms with Crippen LogP contribution in [0, 0.1) is 0 Å². The first-order valence-electron chi connectivity index (χ1n) is 10.0. The molecule has 0 bridgehead atoms. The van der Waals surface area contributed by atoms with Crippen molar-refractivity contribution >= 4 is 11.8 Å². The van der Waals surface area contributed by atoms with E-state index in [4.69, 9.17) is 19.2 Å². The molecule has 7 heteroatoms. The van der Waals surface area contributed by atoms with Gasteiger partial charge in [-0.05, 0) is 35.9 Å². The number of nitrogens with zero attached hydrogens (tertiary/aromatic N) is 2. The van der Waals surface area contributed by atoms with Crippen LogP contribution in [-0.2, 0) is 6.42 Å². The minimum absolute atomic E-state index is 0.0397. The number of phenols is 1. The van der Waals surface area contributed by atoms with Gasteiger partial charge in [0.2, 0.25) is 5.88 Å². The summed E-state index contributed by atoms with van der Waals surface area (Å²) in [6, 6.07) is 20.9. The number of hydrogen-bond acceptors (Lipinski definition) is 7. The first kappa shape index (κ1) is 20.2. The number of fused-ring (bicyclic) bond motifs is 2. The van der Waals surface area contributed by atoms with Crippen molar-refractivity contribution in [2.24, 2.45) is 0 Å². The Morgan fingerprint density at radius 1 is 0.906 bits per heavy atom. The molecule has 0 amide bonds. The Hall–Kier alpha value is -3.71. The number of aromatic nitrogens is 2. The molecule has 160 valence electrons. The molecule has 1 aliphatic heterocycles. The standard InChI is InChI=1S/C25H20N2O4S/c1-29-16-10-11-19(21(28)13-16)23-26-24-20(25(27-23)32-18-6-4-3-5-7-18)12-15-8-9-17(30-2)14-22(15)31-24/h3-11,13-14,28H,12H2,1-2H3. The van der Waals surface area contributed by atoms with Gasteiger partial charge < -0.3 is 19.3 Å². The van der Waals surface area contributed by atoms with Gasteiger partial charge in [0, 0.05) is 23.4 Å². The van der Waals surface area contributed by atoms with Crippen molar-refractivity contribution in [3.8, 4) is 40.3 Å². The Morgan fingerprint density at radius 3 is 2.41 bits per heavy atom. The molecule has 32 heavy (non-hydrogen) atoms. The van der Waals surface area contributed by atoms with E-state index in [2.05, 4.69) is 4.98 Å². The Bertz CT molecular complexity index is 1290.